The van der Waals surface area contributed by atoms with Gasteiger partial charge in [0, 0.05) is 35.8 Å². The van der Waals surface area contributed by atoms with Gasteiger partial charge < -0.3 is 10.4 Å². The molecule has 14 heteroatoms. The number of carbonyl (C=O) groups excluding carboxylic acids is 2. The zero-order valence-corrected chi connectivity index (χ0v) is 21.4. The summed E-state index contributed by atoms with van der Waals surface area (Å²) in [6.45, 7) is 0.0923. The minimum Gasteiger partial charge on any atom is -0.383 e. The van der Waals surface area contributed by atoms with Crippen molar-refractivity contribution in [1.29, 1.82) is 0 Å². The van der Waals surface area contributed by atoms with Crippen LogP contribution in [-0.2, 0) is 4.79 Å². The van der Waals surface area contributed by atoms with Crippen LogP contribution in [0.15, 0.2) is 65.6 Å². The predicted octanol–water partition coefficient (Wildman–Crippen LogP) is 4.45. The van der Waals surface area contributed by atoms with Gasteiger partial charge in [-0.05, 0) is 30.3 Å². The molecule has 1 fully saturated rings. The molecule has 41 heavy (non-hydrogen) atoms. The Bertz CT molecular complexity index is 1760. The van der Waals surface area contributed by atoms with E-state index < -0.39 is 58.3 Å². The average Bonchev–Trinajstić information content (AvgIpc) is 3.25. The number of fused-ring (bicyclic) bond motifs is 1. The SMILES string of the molecule is O=C(NC(c1ccccc1Cl)C(F)(F)F)c1cn(-c2ccc(F)cc2F)c2nc(N3CC[C@H](O)C3=O)ccc2c1=O. The molecule has 0 saturated carbocycles. The normalized spacial score (nSPS) is 16.3. The standard InChI is InChI=1S/C27H18ClF5N4O4/c28-17-4-2-1-3-14(17)23(27(31,32)33)35-25(40)16-12-37(19-7-5-13(29)11-18(19)30)24-15(22(16)39)6-8-21(34-24)36-10-9-20(38)26(36)41/h1-8,11-12,20,23,38H,9-10H2,(H,35,40)/t20-,23?/m0/s1. The molecule has 8 nitrogen and oxygen atoms in total. The molecule has 2 N–H and O–H groups in total. The number of anilines is 1. The molecule has 5 rings (SSSR count). The van der Waals surface area contributed by atoms with Crippen LogP contribution in [-0.4, -0.2) is 45.3 Å². The number of hydrogen-bond donors (Lipinski definition) is 2. The molecule has 1 unspecified atom stereocenters. The lowest BCUT2D eigenvalue weighted by atomic mass is 10.1. The van der Waals surface area contributed by atoms with Gasteiger partial charge in [0.25, 0.3) is 11.8 Å². The van der Waals surface area contributed by atoms with Gasteiger partial charge in [-0.2, -0.15) is 13.2 Å². The number of halogens is 6. The summed E-state index contributed by atoms with van der Waals surface area (Å²) in [5, 5.41) is 11.0. The Morgan fingerprint density at radius 3 is 2.46 bits per heavy atom. The number of pyridine rings is 2. The van der Waals surface area contributed by atoms with E-state index >= 15 is 0 Å². The third-order valence-electron chi connectivity index (χ3n) is 6.52. The van der Waals surface area contributed by atoms with Crippen LogP contribution in [0.1, 0.15) is 28.4 Å². The Morgan fingerprint density at radius 1 is 1.10 bits per heavy atom. The summed E-state index contributed by atoms with van der Waals surface area (Å²) in [4.78, 5) is 44.3. The smallest absolute Gasteiger partial charge is 0.383 e. The zero-order valence-electron chi connectivity index (χ0n) is 20.6. The van der Waals surface area contributed by atoms with Gasteiger partial charge in [-0.1, -0.05) is 29.8 Å². The first kappa shape index (κ1) is 28.2. The van der Waals surface area contributed by atoms with Crippen LogP contribution < -0.4 is 15.6 Å². The molecule has 0 radical (unpaired) electrons. The lowest BCUT2D eigenvalue weighted by Gasteiger charge is -2.23. The Hall–Kier alpha value is -4.36. The van der Waals surface area contributed by atoms with Gasteiger partial charge in [-0.3, -0.25) is 23.9 Å². The predicted molar refractivity (Wildman–Crippen MR) is 138 cm³/mol. The highest BCUT2D eigenvalue weighted by atomic mass is 35.5. The van der Waals surface area contributed by atoms with Crippen LogP contribution in [0.4, 0.5) is 27.8 Å². The quantitative estimate of drug-likeness (QED) is 0.333. The number of amides is 2. The van der Waals surface area contributed by atoms with E-state index in [-0.39, 0.29) is 40.5 Å². The van der Waals surface area contributed by atoms with Gasteiger partial charge >= 0.3 is 6.18 Å². The number of aromatic nitrogens is 2. The number of carbonyl (C=O) groups is 2. The van der Waals surface area contributed by atoms with E-state index in [1.807, 2.05) is 0 Å². The van der Waals surface area contributed by atoms with Gasteiger partial charge in [-0.15, -0.1) is 0 Å². The number of nitrogens with zero attached hydrogens (tertiary/aromatic N) is 3. The lowest BCUT2D eigenvalue weighted by molar-refractivity contribution is -0.155. The highest BCUT2D eigenvalue weighted by molar-refractivity contribution is 6.31. The fourth-order valence-corrected chi connectivity index (χ4v) is 4.76. The molecule has 1 aliphatic rings. The van der Waals surface area contributed by atoms with Crippen molar-refractivity contribution in [2.24, 2.45) is 0 Å². The van der Waals surface area contributed by atoms with Crippen molar-refractivity contribution in [3.05, 3.63) is 98.8 Å². The van der Waals surface area contributed by atoms with E-state index in [9.17, 15) is 41.4 Å². The molecule has 3 heterocycles. The van der Waals surface area contributed by atoms with Crippen molar-refractivity contribution >= 4 is 40.3 Å². The molecule has 2 atom stereocenters. The molecular formula is C27H18ClF5N4O4. The van der Waals surface area contributed by atoms with Crippen LogP contribution in [0, 0.1) is 11.6 Å². The minimum absolute atomic E-state index is 0.0113. The number of aliphatic hydroxyl groups is 1. The number of rotatable bonds is 5. The van der Waals surface area contributed by atoms with Crippen molar-refractivity contribution in [2.75, 3.05) is 11.4 Å². The largest absolute Gasteiger partial charge is 0.412 e. The summed E-state index contributed by atoms with van der Waals surface area (Å²) in [5.74, 6) is -4.19. The molecule has 2 amide bonds. The lowest BCUT2D eigenvalue weighted by Crippen LogP contribution is -2.40. The van der Waals surface area contributed by atoms with Crippen molar-refractivity contribution < 1.29 is 36.6 Å². The summed E-state index contributed by atoms with van der Waals surface area (Å²) < 4.78 is 71.5. The van der Waals surface area contributed by atoms with Crippen LogP contribution in [0.5, 0.6) is 0 Å². The highest BCUT2D eigenvalue weighted by Gasteiger charge is 2.43. The maximum absolute atomic E-state index is 14.9. The average molecular weight is 593 g/mol. The summed E-state index contributed by atoms with van der Waals surface area (Å²) in [7, 11) is 0. The van der Waals surface area contributed by atoms with Crippen molar-refractivity contribution in [1.82, 2.24) is 14.9 Å². The molecular weight excluding hydrogens is 575 g/mol. The Labute approximate surface area is 232 Å². The number of benzene rings is 2. The van der Waals surface area contributed by atoms with E-state index in [0.717, 1.165) is 33.9 Å². The second-order valence-corrected chi connectivity index (χ2v) is 9.55. The summed E-state index contributed by atoms with van der Waals surface area (Å²) in [5.41, 5.74) is -2.97. The molecule has 212 valence electrons. The van der Waals surface area contributed by atoms with Crippen LogP contribution in [0.2, 0.25) is 5.02 Å². The van der Waals surface area contributed by atoms with Gasteiger partial charge in [0.05, 0.1) is 11.1 Å². The molecule has 1 aliphatic heterocycles. The van der Waals surface area contributed by atoms with Gasteiger partial charge in [0.2, 0.25) is 5.43 Å². The van der Waals surface area contributed by atoms with E-state index in [2.05, 4.69) is 4.98 Å². The highest BCUT2D eigenvalue weighted by Crippen LogP contribution is 2.36. The van der Waals surface area contributed by atoms with Crippen LogP contribution in [0.25, 0.3) is 16.7 Å². The fourth-order valence-electron chi connectivity index (χ4n) is 4.51. The summed E-state index contributed by atoms with van der Waals surface area (Å²) in [6.07, 6.45) is -5.38. The molecule has 1 saturated heterocycles. The Kier molecular flexibility index (Phi) is 7.26. The first-order valence-corrected chi connectivity index (χ1v) is 12.4. The van der Waals surface area contributed by atoms with Crippen LogP contribution in [0.3, 0.4) is 0 Å². The summed E-state index contributed by atoms with van der Waals surface area (Å²) in [6, 6.07) is 7.18. The van der Waals surface area contributed by atoms with E-state index in [4.69, 9.17) is 11.6 Å². The first-order chi connectivity index (χ1) is 19.4. The number of nitrogens with one attached hydrogen (secondary N) is 1. The van der Waals surface area contributed by atoms with Gasteiger partial charge in [-0.25, -0.2) is 13.8 Å². The molecule has 0 spiro atoms. The van der Waals surface area contributed by atoms with E-state index in [1.54, 1.807) is 5.32 Å². The first-order valence-electron chi connectivity index (χ1n) is 12.0. The molecule has 0 bridgehead atoms. The third kappa shape index (κ3) is 5.25. The molecule has 4 aromatic rings. The Balaban J connectivity index is 1.68. The molecule has 2 aromatic carbocycles. The van der Waals surface area contributed by atoms with E-state index in [0.29, 0.717) is 6.07 Å². The topological polar surface area (TPSA) is 105 Å². The second-order valence-electron chi connectivity index (χ2n) is 9.14. The minimum atomic E-state index is -5.01. The van der Waals surface area contributed by atoms with Crippen molar-refractivity contribution in [2.45, 2.75) is 24.7 Å². The monoisotopic (exact) mass is 592 g/mol. The summed E-state index contributed by atoms with van der Waals surface area (Å²) >= 11 is 5.95. The Morgan fingerprint density at radius 2 is 1.83 bits per heavy atom. The zero-order chi connectivity index (χ0) is 29.6. The van der Waals surface area contributed by atoms with Crippen LogP contribution >= 0.6 is 11.6 Å². The van der Waals surface area contributed by atoms with Gasteiger partial charge in [0.15, 0.2) is 11.7 Å². The number of hydrogen-bond acceptors (Lipinski definition) is 5. The van der Waals surface area contributed by atoms with Crippen molar-refractivity contribution in [3.63, 3.8) is 0 Å². The van der Waals surface area contributed by atoms with E-state index in [1.165, 1.54) is 30.3 Å². The maximum Gasteiger partial charge on any atom is 0.412 e. The molecule has 0 aliphatic carbocycles. The third-order valence-corrected chi connectivity index (χ3v) is 6.87. The number of aliphatic hydroxyl groups excluding tert-OH is 1. The maximum atomic E-state index is 14.9. The fraction of sp³-hybridized carbons (Fsp3) is 0.185. The number of alkyl halides is 3. The van der Waals surface area contributed by atoms with Gasteiger partial charge in [0.1, 0.15) is 29.1 Å². The van der Waals surface area contributed by atoms with Crippen molar-refractivity contribution in [3.8, 4) is 5.69 Å². The second kappa shape index (κ2) is 10.6. The molecule has 2 aromatic heterocycles.